The first-order valence-electron chi connectivity index (χ1n) is 9.93. The van der Waals surface area contributed by atoms with Crippen molar-refractivity contribution in [3.05, 3.63) is 44.0 Å². The van der Waals surface area contributed by atoms with Crippen LogP contribution in [-0.2, 0) is 20.3 Å². The van der Waals surface area contributed by atoms with Crippen LogP contribution in [0, 0.1) is 6.92 Å². The average Bonchev–Trinajstić information content (AvgIpc) is 3.33. The molecule has 3 heterocycles. The van der Waals surface area contributed by atoms with Gasteiger partial charge in [0.05, 0.1) is 18.1 Å². The lowest BCUT2D eigenvalue weighted by atomic mass is 10.0. The van der Waals surface area contributed by atoms with Crippen LogP contribution in [0.25, 0.3) is 0 Å². The molecule has 0 amide bonds. The molecule has 1 aliphatic rings. The van der Waals surface area contributed by atoms with Gasteiger partial charge in [0.1, 0.15) is 11.9 Å². The largest absolute Gasteiger partial charge is 0.449 e. The first kappa shape index (κ1) is 23.0. The summed E-state index contributed by atoms with van der Waals surface area (Å²) in [7, 11) is -1.84. The Morgan fingerprint density at radius 1 is 1.24 bits per heavy atom. The van der Waals surface area contributed by atoms with Gasteiger partial charge in [0.2, 0.25) is 0 Å². The molecule has 5 nitrogen and oxygen atoms in total. The number of aliphatic hydroxyl groups is 1. The molecule has 1 N–H and O–H groups in total. The molecule has 1 unspecified atom stereocenters. The van der Waals surface area contributed by atoms with Gasteiger partial charge < -0.3 is 23.4 Å². The van der Waals surface area contributed by atoms with Crippen LogP contribution in [0.3, 0.4) is 0 Å². The van der Waals surface area contributed by atoms with Gasteiger partial charge >= 0.3 is 0 Å². The fourth-order valence-corrected chi connectivity index (χ4v) is 5.37. The van der Waals surface area contributed by atoms with Crippen molar-refractivity contribution in [3.8, 4) is 0 Å². The van der Waals surface area contributed by atoms with E-state index in [2.05, 4.69) is 33.9 Å². The minimum atomic E-state index is -1.84. The summed E-state index contributed by atoms with van der Waals surface area (Å²) in [6.45, 7) is 14.8. The van der Waals surface area contributed by atoms with Crippen molar-refractivity contribution in [2.45, 2.75) is 64.6 Å². The highest BCUT2D eigenvalue weighted by atomic mass is 35.5. The van der Waals surface area contributed by atoms with E-state index in [-0.39, 0.29) is 16.5 Å². The van der Waals surface area contributed by atoms with Gasteiger partial charge in [-0.3, -0.25) is 0 Å². The zero-order chi connectivity index (χ0) is 21.4. The molecule has 0 aliphatic carbocycles. The van der Waals surface area contributed by atoms with E-state index in [1.54, 1.807) is 17.4 Å². The predicted octanol–water partition coefficient (Wildman–Crippen LogP) is 5.99. The minimum Gasteiger partial charge on any atom is -0.449 e. The summed E-state index contributed by atoms with van der Waals surface area (Å²) in [6, 6.07) is 3.66. The van der Waals surface area contributed by atoms with Crippen molar-refractivity contribution >= 4 is 31.3 Å². The van der Waals surface area contributed by atoms with E-state index in [0.717, 1.165) is 15.3 Å². The number of hydrogen-bond donors (Lipinski definition) is 1. The Morgan fingerprint density at radius 3 is 2.52 bits per heavy atom. The van der Waals surface area contributed by atoms with Crippen LogP contribution in [-0.4, -0.2) is 33.2 Å². The quantitative estimate of drug-likeness (QED) is 0.516. The zero-order valence-corrected chi connectivity index (χ0v) is 20.6. The van der Waals surface area contributed by atoms with Crippen LogP contribution in [0.4, 0.5) is 0 Å². The molecule has 2 aromatic heterocycles. The molecule has 0 saturated carbocycles. The predicted molar refractivity (Wildman–Crippen MR) is 118 cm³/mol. The van der Waals surface area contributed by atoms with E-state index in [9.17, 15) is 5.11 Å². The number of aliphatic hydroxyl groups excluding tert-OH is 1. The van der Waals surface area contributed by atoms with Crippen LogP contribution in [0.1, 0.15) is 59.8 Å². The topological polar surface area (TPSA) is 61.1 Å². The molecule has 162 valence electrons. The van der Waals surface area contributed by atoms with Crippen molar-refractivity contribution < 1.29 is 23.4 Å². The number of rotatable bonds is 7. The molecule has 3 rings (SSSR count). The van der Waals surface area contributed by atoms with Crippen molar-refractivity contribution in [2.24, 2.45) is 0 Å². The lowest BCUT2D eigenvalue weighted by Crippen LogP contribution is -2.41. The van der Waals surface area contributed by atoms with Crippen LogP contribution in [0.2, 0.25) is 23.4 Å². The molecule has 8 heteroatoms. The van der Waals surface area contributed by atoms with Crippen molar-refractivity contribution in [3.63, 3.8) is 0 Å². The number of thiophene rings is 1. The molecule has 0 radical (unpaired) electrons. The second kappa shape index (κ2) is 8.83. The lowest BCUT2D eigenvalue weighted by Gasteiger charge is -2.36. The van der Waals surface area contributed by atoms with E-state index in [4.69, 9.17) is 29.9 Å². The van der Waals surface area contributed by atoms with Crippen molar-refractivity contribution in [2.75, 3.05) is 19.8 Å². The van der Waals surface area contributed by atoms with Gasteiger partial charge in [0.15, 0.2) is 19.8 Å². The summed E-state index contributed by atoms with van der Waals surface area (Å²) < 4.78 is 23.1. The molecule has 29 heavy (non-hydrogen) atoms. The monoisotopic (exact) mass is 458 g/mol. The molecule has 0 spiro atoms. The maximum atomic E-state index is 11.1. The van der Waals surface area contributed by atoms with E-state index in [0.29, 0.717) is 37.6 Å². The Balaban J connectivity index is 1.74. The first-order chi connectivity index (χ1) is 13.5. The number of aryl methyl sites for hydroxylation is 1. The molecule has 0 bridgehead atoms. The number of hydrogen-bond acceptors (Lipinski definition) is 6. The summed E-state index contributed by atoms with van der Waals surface area (Å²) in [4.78, 5) is 1.99. The highest BCUT2D eigenvalue weighted by molar-refractivity contribution is 7.12. The van der Waals surface area contributed by atoms with Crippen LogP contribution >= 0.6 is 22.9 Å². The van der Waals surface area contributed by atoms with Crippen LogP contribution < -0.4 is 0 Å². The van der Waals surface area contributed by atoms with Crippen LogP contribution in [0.5, 0.6) is 0 Å². The van der Waals surface area contributed by atoms with Crippen molar-refractivity contribution in [1.82, 2.24) is 0 Å². The van der Waals surface area contributed by atoms with Gasteiger partial charge in [-0.2, -0.15) is 0 Å². The van der Waals surface area contributed by atoms with Crippen molar-refractivity contribution in [1.29, 1.82) is 0 Å². The van der Waals surface area contributed by atoms with E-state index in [1.807, 2.05) is 13.0 Å². The Hall–Kier alpha value is -0.673. The first-order valence-corrected chi connectivity index (χ1v) is 14.0. The Kier molecular flexibility index (Phi) is 7.00. The Labute approximate surface area is 183 Å². The highest BCUT2D eigenvalue weighted by Crippen LogP contribution is 2.39. The van der Waals surface area contributed by atoms with Gasteiger partial charge in [-0.15, -0.1) is 11.3 Å². The molecular weight excluding hydrogens is 428 g/mol. The maximum Gasteiger partial charge on any atom is 0.193 e. The average molecular weight is 459 g/mol. The number of ether oxygens (including phenoxy) is 2. The summed E-state index contributed by atoms with van der Waals surface area (Å²) >= 11 is 7.72. The maximum absolute atomic E-state index is 11.1. The SMILES string of the molecule is Cc1sc(C2OCCO2)cc1C(O)c1cc(Cl)oc1CCO[Si](C)(C)C(C)(C)C. The van der Waals surface area contributed by atoms with E-state index >= 15 is 0 Å². The third-order valence-electron chi connectivity index (χ3n) is 5.83. The molecule has 1 aliphatic heterocycles. The second-order valence-electron chi connectivity index (χ2n) is 8.92. The van der Waals surface area contributed by atoms with Crippen LogP contribution in [0.15, 0.2) is 16.5 Å². The molecule has 1 atom stereocenters. The van der Waals surface area contributed by atoms with Gasteiger partial charge in [0, 0.05) is 29.5 Å². The highest BCUT2D eigenvalue weighted by Gasteiger charge is 2.37. The number of halogens is 1. The third-order valence-corrected chi connectivity index (χ3v) is 11.6. The van der Waals surface area contributed by atoms with Gasteiger partial charge in [0.25, 0.3) is 0 Å². The molecular formula is C21H31ClO5SSi. The molecule has 2 aromatic rings. The summed E-state index contributed by atoms with van der Waals surface area (Å²) in [5.74, 6) is 0.668. The van der Waals surface area contributed by atoms with E-state index < -0.39 is 14.4 Å². The zero-order valence-electron chi connectivity index (χ0n) is 18.0. The molecule has 1 fully saturated rings. The van der Waals surface area contributed by atoms with Gasteiger partial charge in [-0.1, -0.05) is 20.8 Å². The second-order valence-corrected chi connectivity index (χ2v) is 15.4. The molecule has 1 saturated heterocycles. The normalized spacial score (nSPS) is 17.2. The van der Waals surface area contributed by atoms with E-state index in [1.165, 1.54) is 0 Å². The standard InChI is InChI=1S/C21H31ClO5SSi/c1-13-14(11-17(28-13)20-24-9-10-25-20)19(23)15-12-18(22)27-16(15)7-8-26-29(5,6)21(2,3)4/h11-12,19-20,23H,7-10H2,1-6H3. The number of furan rings is 1. The summed E-state index contributed by atoms with van der Waals surface area (Å²) in [6.07, 6.45) is -0.596. The Morgan fingerprint density at radius 2 is 1.90 bits per heavy atom. The fourth-order valence-electron chi connectivity index (χ4n) is 3.05. The lowest BCUT2D eigenvalue weighted by molar-refractivity contribution is -0.0414. The molecule has 0 aromatic carbocycles. The Bertz CT molecular complexity index is 833. The minimum absolute atomic E-state index is 0.144. The fraction of sp³-hybridized carbons (Fsp3) is 0.619. The van der Waals surface area contributed by atoms with Gasteiger partial charge in [-0.05, 0) is 48.3 Å². The third kappa shape index (κ3) is 5.15. The summed E-state index contributed by atoms with van der Waals surface area (Å²) in [5.41, 5.74) is 1.52. The summed E-state index contributed by atoms with van der Waals surface area (Å²) in [5, 5.41) is 11.5. The van der Waals surface area contributed by atoms with Gasteiger partial charge in [-0.25, -0.2) is 0 Å². The smallest absolute Gasteiger partial charge is 0.193 e.